The van der Waals surface area contributed by atoms with Gasteiger partial charge in [0.1, 0.15) is 0 Å². The van der Waals surface area contributed by atoms with Gasteiger partial charge in [-0.3, -0.25) is 9.69 Å². The van der Waals surface area contributed by atoms with Gasteiger partial charge in [-0.15, -0.1) is 0 Å². The quantitative estimate of drug-likeness (QED) is 0.708. The van der Waals surface area contributed by atoms with Crippen molar-refractivity contribution in [3.05, 3.63) is 65.7 Å². The van der Waals surface area contributed by atoms with Crippen molar-refractivity contribution < 1.29 is 13.2 Å². The lowest BCUT2D eigenvalue weighted by Gasteiger charge is -2.28. The van der Waals surface area contributed by atoms with Crippen LogP contribution in [0.2, 0.25) is 0 Å². The van der Waals surface area contributed by atoms with Crippen LogP contribution in [0.4, 0.5) is 0 Å². The molecule has 0 aliphatic carbocycles. The summed E-state index contributed by atoms with van der Waals surface area (Å²) in [6.07, 6.45) is 0.705. The molecule has 2 aromatic rings. The molecule has 0 spiro atoms. The van der Waals surface area contributed by atoms with Crippen LogP contribution in [0.15, 0.2) is 59.5 Å². The number of rotatable bonds is 6. The Bertz CT molecular complexity index is 945. The SMILES string of the molecule is Cc1ccc(S(=O)(=O)N2CCCN(CC(=O)N(C)C(C)c3ccccc3)CC2)cc1. The third-order valence-electron chi connectivity index (χ3n) is 5.82. The summed E-state index contributed by atoms with van der Waals surface area (Å²) in [5.41, 5.74) is 2.13. The van der Waals surface area contributed by atoms with Gasteiger partial charge < -0.3 is 4.90 Å². The first-order valence-electron chi connectivity index (χ1n) is 10.4. The minimum absolute atomic E-state index is 0.0101. The fourth-order valence-electron chi connectivity index (χ4n) is 3.68. The molecule has 1 fully saturated rings. The highest BCUT2D eigenvalue weighted by Gasteiger charge is 2.28. The van der Waals surface area contributed by atoms with Crippen molar-refractivity contribution in [1.29, 1.82) is 0 Å². The summed E-state index contributed by atoms with van der Waals surface area (Å²) >= 11 is 0. The summed E-state index contributed by atoms with van der Waals surface area (Å²) in [6.45, 7) is 6.37. The maximum atomic E-state index is 13.0. The van der Waals surface area contributed by atoms with Crippen LogP contribution < -0.4 is 0 Å². The fraction of sp³-hybridized carbons (Fsp3) is 0.435. The Labute approximate surface area is 180 Å². The lowest BCUT2D eigenvalue weighted by atomic mass is 10.1. The van der Waals surface area contributed by atoms with E-state index in [1.807, 2.05) is 63.4 Å². The molecule has 1 amide bonds. The largest absolute Gasteiger partial charge is 0.338 e. The van der Waals surface area contributed by atoms with Crippen LogP contribution in [0.3, 0.4) is 0 Å². The lowest BCUT2D eigenvalue weighted by molar-refractivity contribution is -0.133. The molecule has 30 heavy (non-hydrogen) atoms. The summed E-state index contributed by atoms with van der Waals surface area (Å²) < 4.78 is 27.5. The Morgan fingerprint density at radius 3 is 2.33 bits per heavy atom. The van der Waals surface area contributed by atoms with Crippen molar-refractivity contribution in [3.63, 3.8) is 0 Å². The van der Waals surface area contributed by atoms with Gasteiger partial charge in [0.25, 0.3) is 0 Å². The van der Waals surface area contributed by atoms with Gasteiger partial charge >= 0.3 is 0 Å². The molecule has 1 atom stereocenters. The van der Waals surface area contributed by atoms with Gasteiger partial charge in [-0.05, 0) is 44.5 Å². The van der Waals surface area contributed by atoms with Gasteiger partial charge in [0, 0.05) is 26.7 Å². The summed E-state index contributed by atoms with van der Waals surface area (Å²) in [4.78, 5) is 17.0. The van der Waals surface area contributed by atoms with E-state index in [2.05, 4.69) is 4.90 Å². The standard InChI is InChI=1S/C23H31N3O3S/c1-19-10-12-22(13-11-19)30(28,29)26-15-7-14-25(16-17-26)18-23(27)24(3)20(2)21-8-5-4-6-9-21/h4-6,8-13,20H,7,14-18H2,1-3H3. The van der Waals surface area contributed by atoms with Gasteiger partial charge in [0.2, 0.25) is 15.9 Å². The Hall–Kier alpha value is -2.22. The normalized spacial score (nSPS) is 17.3. The van der Waals surface area contributed by atoms with E-state index in [0.29, 0.717) is 44.0 Å². The number of hydrogen-bond acceptors (Lipinski definition) is 4. The summed E-state index contributed by atoms with van der Waals surface area (Å²) in [6, 6.07) is 16.9. The van der Waals surface area contributed by atoms with E-state index in [9.17, 15) is 13.2 Å². The van der Waals surface area contributed by atoms with Crippen molar-refractivity contribution in [1.82, 2.24) is 14.1 Å². The van der Waals surface area contributed by atoms with E-state index >= 15 is 0 Å². The number of aryl methyl sites for hydroxylation is 1. The van der Waals surface area contributed by atoms with Crippen LogP contribution in [0.1, 0.15) is 30.5 Å². The Morgan fingerprint density at radius 1 is 1.00 bits per heavy atom. The monoisotopic (exact) mass is 429 g/mol. The van der Waals surface area contributed by atoms with Gasteiger partial charge in [-0.25, -0.2) is 8.42 Å². The van der Waals surface area contributed by atoms with E-state index in [1.54, 1.807) is 21.3 Å². The third-order valence-corrected chi connectivity index (χ3v) is 7.73. The number of amides is 1. The molecule has 162 valence electrons. The molecule has 1 aliphatic rings. The molecule has 1 heterocycles. The van der Waals surface area contributed by atoms with Crippen LogP contribution in [-0.2, 0) is 14.8 Å². The molecule has 0 radical (unpaired) electrons. The van der Waals surface area contributed by atoms with E-state index in [0.717, 1.165) is 11.1 Å². The molecule has 1 saturated heterocycles. The van der Waals surface area contributed by atoms with Crippen molar-refractivity contribution in [2.45, 2.75) is 31.2 Å². The topological polar surface area (TPSA) is 60.9 Å². The highest BCUT2D eigenvalue weighted by atomic mass is 32.2. The highest BCUT2D eigenvalue weighted by molar-refractivity contribution is 7.89. The molecule has 1 unspecified atom stereocenters. The minimum atomic E-state index is -3.51. The molecule has 6 nitrogen and oxygen atoms in total. The summed E-state index contributed by atoms with van der Waals surface area (Å²) in [5.74, 6) is 0.0428. The van der Waals surface area contributed by atoms with Crippen LogP contribution in [0, 0.1) is 6.92 Å². The second-order valence-corrected chi connectivity index (χ2v) is 9.88. The van der Waals surface area contributed by atoms with Crippen LogP contribution in [0.25, 0.3) is 0 Å². The third kappa shape index (κ3) is 5.28. The average molecular weight is 430 g/mol. The summed E-state index contributed by atoms with van der Waals surface area (Å²) in [7, 11) is -1.68. The molecule has 3 rings (SSSR count). The molecule has 0 aromatic heterocycles. The molecule has 2 aromatic carbocycles. The first-order chi connectivity index (χ1) is 14.3. The second-order valence-electron chi connectivity index (χ2n) is 7.94. The lowest BCUT2D eigenvalue weighted by Crippen LogP contribution is -2.41. The molecule has 0 bridgehead atoms. The Kier molecular flexibility index (Phi) is 7.28. The Balaban J connectivity index is 1.59. The first kappa shape index (κ1) is 22.5. The molecule has 0 N–H and O–H groups in total. The van der Waals surface area contributed by atoms with Gasteiger partial charge in [0.15, 0.2) is 0 Å². The number of hydrogen-bond donors (Lipinski definition) is 0. The highest BCUT2D eigenvalue weighted by Crippen LogP contribution is 2.20. The van der Waals surface area contributed by atoms with E-state index in [4.69, 9.17) is 0 Å². The minimum Gasteiger partial charge on any atom is -0.338 e. The molecule has 7 heteroatoms. The zero-order valence-corrected chi connectivity index (χ0v) is 18.8. The Morgan fingerprint density at radius 2 is 1.67 bits per heavy atom. The van der Waals surface area contributed by atoms with Gasteiger partial charge in [0.05, 0.1) is 17.5 Å². The van der Waals surface area contributed by atoms with Crippen molar-refractivity contribution >= 4 is 15.9 Å². The number of benzene rings is 2. The molecule has 1 aliphatic heterocycles. The number of nitrogens with zero attached hydrogens (tertiary/aromatic N) is 3. The smallest absolute Gasteiger partial charge is 0.243 e. The maximum absolute atomic E-state index is 13.0. The second kappa shape index (κ2) is 9.73. The zero-order chi connectivity index (χ0) is 21.7. The van der Waals surface area contributed by atoms with Crippen molar-refractivity contribution in [2.24, 2.45) is 0 Å². The van der Waals surface area contributed by atoms with Gasteiger partial charge in [-0.2, -0.15) is 4.31 Å². The van der Waals surface area contributed by atoms with Crippen molar-refractivity contribution in [2.75, 3.05) is 39.8 Å². The number of likely N-dealkylation sites (N-methyl/N-ethyl adjacent to an activating group) is 1. The van der Waals surface area contributed by atoms with E-state index in [1.165, 1.54) is 0 Å². The number of carbonyl (C=O) groups excluding carboxylic acids is 1. The molecular weight excluding hydrogens is 398 g/mol. The van der Waals surface area contributed by atoms with E-state index < -0.39 is 10.0 Å². The number of carbonyl (C=O) groups is 1. The summed E-state index contributed by atoms with van der Waals surface area (Å²) in [5, 5.41) is 0. The fourth-order valence-corrected chi connectivity index (χ4v) is 5.15. The maximum Gasteiger partial charge on any atom is 0.243 e. The molecule has 0 saturated carbocycles. The number of sulfonamides is 1. The first-order valence-corrected chi connectivity index (χ1v) is 11.8. The predicted octanol–water partition coefficient (Wildman–Crippen LogP) is 2.91. The molecular formula is C23H31N3O3S. The van der Waals surface area contributed by atoms with Gasteiger partial charge in [-0.1, -0.05) is 48.0 Å². The predicted molar refractivity (Wildman–Crippen MR) is 119 cm³/mol. The van der Waals surface area contributed by atoms with Crippen LogP contribution in [-0.4, -0.2) is 68.2 Å². The van der Waals surface area contributed by atoms with Crippen LogP contribution >= 0.6 is 0 Å². The van der Waals surface area contributed by atoms with Crippen LogP contribution in [0.5, 0.6) is 0 Å². The van der Waals surface area contributed by atoms with Crippen molar-refractivity contribution in [3.8, 4) is 0 Å². The average Bonchev–Trinajstić information content (AvgIpc) is 2.99. The zero-order valence-electron chi connectivity index (χ0n) is 18.0. The van der Waals surface area contributed by atoms with E-state index in [-0.39, 0.29) is 11.9 Å².